The van der Waals surface area contributed by atoms with E-state index in [0.29, 0.717) is 42.0 Å². The highest BCUT2D eigenvalue weighted by molar-refractivity contribution is 5.85. The van der Waals surface area contributed by atoms with Gasteiger partial charge in [-0.3, -0.25) is 9.59 Å². The standard InChI is InChI=1S/C21H38N2O2/c1-13(2)22-20(15(5)24)18-10-16(11-18)12-19(25)21(23-14(3)4)17-8-6-7-9-17/h13-14,16-18,20-23H,6-12H2,1-5H3/t16?,18?,20-,21+/m1/s1. The molecule has 4 heteroatoms. The van der Waals surface area contributed by atoms with Crippen molar-refractivity contribution >= 4 is 11.6 Å². The maximum atomic E-state index is 12.9. The van der Waals surface area contributed by atoms with Crippen molar-refractivity contribution in [1.29, 1.82) is 0 Å². The van der Waals surface area contributed by atoms with Crippen molar-refractivity contribution in [2.24, 2.45) is 17.8 Å². The third-order valence-corrected chi connectivity index (χ3v) is 5.92. The highest BCUT2D eigenvalue weighted by atomic mass is 16.1. The lowest BCUT2D eigenvalue weighted by atomic mass is 9.67. The predicted molar refractivity (Wildman–Crippen MR) is 103 cm³/mol. The van der Waals surface area contributed by atoms with Gasteiger partial charge in [-0.25, -0.2) is 0 Å². The molecule has 0 radical (unpaired) electrons. The second kappa shape index (κ2) is 9.27. The lowest BCUT2D eigenvalue weighted by Gasteiger charge is -2.41. The lowest BCUT2D eigenvalue weighted by Crippen LogP contribution is -2.51. The number of ketones is 2. The van der Waals surface area contributed by atoms with Crippen LogP contribution in [0, 0.1) is 17.8 Å². The summed E-state index contributed by atoms with van der Waals surface area (Å²) in [7, 11) is 0. The molecule has 0 amide bonds. The summed E-state index contributed by atoms with van der Waals surface area (Å²) in [5.41, 5.74) is 0. The van der Waals surface area contributed by atoms with E-state index in [9.17, 15) is 9.59 Å². The van der Waals surface area contributed by atoms with E-state index < -0.39 is 0 Å². The van der Waals surface area contributed by atoms with Crippen LogP contribution in [0.1, 0.15) is 79.6 Å². The van der Waals surface area contributed by atoms with Gasteiger partial charge < -0.3 is 10.6 Å². The van der Waals surface area contributed by atoms with Crippen molar-refractivity contribution < 1.29 is 9.59 Å². The SMILES string of the molecule is CC(=O)[C@@H](NC(C)C)C1CC(CC(=O)[C@@H](NC(C)C)C2CCCC2)C1. The summed E-state index contributed by atoms with van der Waals surface area (Å²) in [6.07, 6.45) is 7.61. The second-order valence-corrected chi connectivity index (χ2v) is 9.02. The molecule has 0 aromatic rings. The Morgan fingerprint density at radius 2 is 1.40 bits per heavy atom. The summed E-state index contributed by atoms with van der Waals surface area (Å²) in [6.45, 7) is 10.1. The summed E-state index contributed by atoms with van der Waals surface area (Å²) in [5, 5.41) is 6.94. The summed E-state index contributed by atoms with van der Waals surface area (Å²) in [6, 6.07) is 0.669. The Bertz CT molecular complexity index is 449. The zero-order valence-electron chi connectivity index (χ0n) is 16.8. The van der Waals surface area contributed by atoms with E-state index in [1.807, 2.05) is 0 Å². The van der Waals surface area contributed by atoms with Crippen molar-refractivity contribution in [2.45, 2.75) is 104 Å². The van der Waals surface area contributed by atoms with E-state index in [2.05, 4.69) is 38.3 Å². The van der Waals surface area contributed by atoms with Crippen molar-refractivity contribution in [1.82, 2.24) is 10.6 Å². The third-order valence-electron chi connectivity index (χ3n) is 5.92. The number of hydrogen-bond donors (Lipinski definition) is 2. The van der Waals surface area contributed by atoms with E-state index in [0.717, 1.165) is 12.8 Å². The minimum Gasteiger partial charge on any atom is -0.305 e. The molecule has 25 heavy (non-hydrogen) atoms. The van der Waals surface area contributed by atoms with E-state index >= 15 is 0 Å². The lowest BCUT2D eigenvalue weighted by molar-refractivity contribution is -0.125. The van der Waals surface area contributed by atoms with Gasteiger partial charge in [-0.1, -0.05) is 40.5 Å². The van der Waals surface area contributed by atoms with E-state index in [1.54, 1.807) is 6.92 Å². The average Bonchev–Trinajstić information content (AvgIpc) is 2.99. The largest absolute Gasteiger partial charge is 0.305 e. The minimum absolute atomic E-state index is 0.0363. The fourth-order valence-electron chi connectivity index (χ4n) is 4.72. The highest BCUT2D eigenvalue weighted by Gasteiger charge is 2.40. The Morgan fingerprint density at radius 1 is 0.880 bits per heavy atom. The van der Waals surface area contributed by atoms with E-state index in [1.165, 1.54) is 25.7 Å². The number of carbonyl (C=O) groups is 2. The van der Waals surface area contributed by atoms with Gasteiger partial charge >= 0.3 is 0 Å². The number of carbonyl (C=O) groups excluding carboxylic acids is 2. The first-order valence-electron chi connectivity index (χ1n) is 10.3. The van der Waals surface area contributed by atoms with Crippen molar-refractivity contribution in [3.8, 4) is 0 Å². The van der Waals surface area contributed by atoms with Crippen LogP contribution in [0.2, 0.25) is 0 Å². The first-order valence-corrected chi connectivity index (χ1v) is 10.3. The summed E-state index contributed by atoms with van der Waals surface area (Å²) in [4.78, 5) is 24.8. The third kappa shape index (κ3) is 5.89. The summed E-state index contributed by atoms with van der Waals surface area (Å²) >= 11 is 0. The van der Waals surface area contributed by atoms with Crippen LogP contribution >= 0.6 is 0 Å². The Balaban J connectivity index is 1.85. The zero-order valence-corrected chi connectivity index (χ0v) is 16.8. The second-order valence-electron chi connectivity index (χ2n) is 9.02. The van der Waals surface area contributed by atoms with Crippen LogP contribution in [-0.2, 0) is 9.59 Å². The molecule has 0 aromatic heterocycles. The van der Waals surface area contributed by atoms with Gasteiger partial charge in [0.25, 0.3) is 0 Å². The van der Waals surface area contributed by atoms with Gasteiger partial charge in [0.1, 0.15) is 11.6 Å². The van der Waals surface area contributed by atoms with Gasteiger partial charge in [0.15, 0.2) is 0 Å². The Kier molecular flexibility index (Phi) is 7.63. The fraction of sp³-hybridized carbons (Fsp3) is 0.905. The molecule has 0 heterocycles. The van der Waals surface area contributed by atoms with E-state index in [4.69, 9.17) is 0 Å². The molecule has 2 saturated carbocycles. The molecule has 2 N–H and O–H groups in total. The Labute approximate surface area is 153 Å². The zero-order chi connectivity index (χ0) is 18.6. The van der Waals surface area contributed by atoms with Crippen LogP contribution in [-0.4, -0.2) is 35.7 Å². The quantitative estimate of drug-likeness (QED) is 0.633. The van der Waals surface area contributed by atoms with Gasteiger partial charge in [0.05, 0.1) is 12.1 Å². The van der Waals surface area contributed by atoms with Gasteiger partial charge in [0.2, 0.25) is 0 Å². The van der Waals surface area contributed by atoms with Crippen molar-refractivity contribution in [3.05, 3.63) is 0 Å². The average molecular weight is 351 g/mol. The molecule has 0 saturated heterocycles. The molecule has 0 spiro atoms. The highest BCUT2D eigenvalue weighted by Crippen LogP contribution is 2.40. The van der Waals surface area contributed by atoms with E-state index in [-0.39, 0.29) is 17.9 Å². The molecule has 4 nitrogen and oxygen atoms in total. The van der Waals surface area contributed by atoms with Crippen molar-refractivity contribution in [2.75, 3.05) is 0 Å². The van der Waals surface area contributed by atoms with Crippen LogP contribution in [0.15, 0.2) is 0 Å². The smallest absolute Gasteiger partial charge is 0.150 e. The topological polar surface area (TPSA) is 58.2 Å². The van der Waals surface area contributed by atoms with Crippen molar-refractivity contribution in [3.63, 3.8) is 0 Å². The normalized spacial score (nSPS) is 26.7. The Morgan fingerprint density at radius 3 is 1.88 bits per heavy atom. The van der Waals surface area contributed by atoms with Crippen LogP contribution in [0.25, 0.3) is 0 Å². The fourth-order valence-corrected chi connectivity index (χ4v) is 4.72. The van der Waals surface area contributed by atoms with Crippen LogP contribution in [0.3, 0.4) is 0 Å². The monoisotopic (exact) mass is 350 g/mol. The molecule has 2 rings (SSSR count). The first-order chi connectivity index (χ1) is 11.8. The Hall–Kier alpha value is -0.740. The van der Waals surface area contributed by atoms with Gasteiger partial charge in [0, 0.05) is 18.5 Å². The minimum atomic E-state index is -0.0363. The number of hydrogen-bond acceptors (Lipinski definition) is 4. The summed E-state index contributed by atoms with van der Waals surface area (Å²) < 4.78 is 0. The molecular formula is C21H38N2O2. The van der Waals surface area contributed by atoms with Gasteiger partial charge in [-0.15, -0.1) is 0 Å². The molecule has 0 aromatic carbocycles. The molecule has 144 valence electrons. The predicted octanol–water partition coefficient (Wildman–Crippen LogP) is 3.48. The molecule has 2 fully saturated rings. The summed E-state index contributed by atoms with van der Waals surface area (Å²) in [5.74, 6) is 2.03. The molecule has 0 aliphatic heterocycles. The van der Waals surface area contributed by atoms with Gasteiger partial charge in [-0.2, -0.15) is 0 Å². The maximum absolute atomic E-state index is 12.9. The van der Waals surface area contributed by atoms with Crippen LogP contribution in [0.5, 0.6) is 0 Å². The number of nitrogens with one attached hydrogen (secondary N) is 2. The molecule has 2 aliphatic rings. The molecule has 0 unspecified atom stereocenters. The van der Waals surface area contributed by atoms with Crippen LogP contribution < -0.4 is 10.6 Å². The van der Waals surface area contributed by atoms with Gasteiger partial charge in [-0.05, 0) is 50.4 Å². The molecular weight excluding hydrogens is 312 g/mol. The molecule has 2 aliphatic carbocycles. The number of Topliss-reactive ketones (excluding diaryl/α,β-unsaturated/α-hetero) is 2. The molecule has 2 atom stereocenters. The molecule has 0 bridgehead atoms. The maximum Gasteiger partial charge on any atom is 0.150 e. The number of rotatable bonds is 10. The first kappa shape index (κ1) is 20.6. The van der Waals surface area contributed by atoms with Crippen LogP contribution in [0.4, 0.5) is 0 Å².